The zero-order valence-corrected chi connectivity index (χ0v) is 9.14. The van der Waals surface area contributed by atoms with Crippen molar-refractivity contribution in [3.05, 3.63) is 17.8 Å². The normalized spacial score (nSPS) is 21.9. The van der Waals surface area contributed by atoms with Crippen LogP contribution in [0.25, 0.3) is 0 Å². The zero-order valence-electron chi connectivity index (χ0n) is 9.14. The molecule has 0 saturated heterocycles. The molecule has 1 aliphatic carbocycles. The highest BCUT2D eigenvalue weighted by molar-refractivity contribution is 5.70. The minimum absolute atomic E-state index is 0.346. The Kier molecular flexibility index (Phi) is 1.87. The lowest BCUT2D eigenvalue weighted by Gasteiger charge is -2.42. The van der Waals surface area contributed by atoms with Crippen LogP contribution in [0.5, 0.6) is 0 Å². The van der Waals surface area contributed by atoms with E-state index in [4.69, 9.17) is 0 Å². The molecule has 0 atom stereocenters. The fourth-order valence-corrected chi connectivity index (χ4v) is 2.60. The van der Waals surface area contributed by atoms with E-state index in [0.717, 1.165) is 12.4 Å². The Balaban J connectivity index is 1.99. The maximum absolute atomic E-state index is 4.44. The number of nitrogens with zero attached hydrogens (tertiary/aromatic N) is 1. The number of aryl methyl sites for hydroxylation is 1. The lowest BCUT2D eigenvalue weighted by molar-refractivity contribution is 0.267. The molecule has 15 heavy (non-hydrogen) atoms. The highest BCUT2D eigenvalue weighted by atomic mass is 15.1. The van der Waals surface area contributed by atoms with Gasteiger partial charge in [0.25, 0.3) is 0 Å². The molecule has 2 N–H and O–H groups in total. The van der Waals surface area contributed by atoms with Gasteiger partial charge in [-0.1, -0.05) is 0 Å². The first-order valence-corrected chi connectivity index (χ1v) is 5.77. The van der Waals surface area contributed by atoms with Crippen LogP contribution in [-0.2, 0) is 0 Å². The number of rotatable bonds is 0. The molecule has 1 aliphatic heterocycles. The summed E-state index contributed by atoms with van der Waals surface area (Å²) >= 11 is 0. The van der Waals surface area contributed by atoms with Crippen molar-refractivity contribution in [3.63, 3.8) is 0 Å². The lowest BCUT2D eigenvalue weighted by Crippen LogP contribution is -2.45. The Bertz CT molecular complexity index is 382. The average molecular weight is 203 g/mol. The van der Waals surface area contributed by atoms with Crippen molar-refractivity contribution in [3.8, 4) is 0 Å². The van der Waals surface area contributed by atoms with Crippen molar-refractivity contribution in [2.24, 2.45) is 0 Å². The van der Waals surface area contributed by atoms with E-state index in [9.17, 15) is 0 Å². The molecule has 3 nitrogen and oxygen atoms in total. The molecule has 0 bridgehead atoms. The van der Waals surface area contributed by atoms with Gasteiger partial charge in [-0.15, -0.1) is 0 Å². The summed E-state index contributed by atoms with van der Waals surface area (Å²) in [6, 6.07) is 2.06. The molecule has 3 rings (SSSR count). The molecular formula is C12H17N3. The average Bonchev–Trinajstić information content (AvgIpc) is 2.37. The number of hydrogen-bond acceptors (Lipinski definition) is 3. The number of nitrogens with one attached hydrogen (secondary N) is 2. The van der Waals surface area contributed by atoms with E-state index in [-0.39, 0.29) is 0 Å². The third-order valence-electron chi connectivity index (χ3n) is 3.76. The van der Waals surface area contributed by atoms with Crippen molar-refractivity contribution in [1.82, 2.24) is 4.98 Å². The van der Waals surface area contributed by atoms with E-state index < -0.39 is 0 Å². The van der Waals surface area contributed by atoms with Gasteiger partial charge in [-0.2, -0.15) is 0 Å². The second kappa shape index (κ2) is 3.12. The topological polar surface area (TPSA) is 37.0 Å². The van der Waals surface area contributed by atoms with E-state index >= 15 is 0 Å². The Morgan fingerprint density at radius 3 is 2.93 bits per heavy atom. The number of anilines is 2. The molecule has 2 heterocycles. The van der Waals surface area contributed by atoms with Gasteiger partial charge in [-0.3, -0.25) is 0 Å². The molecule has 1 spiro atoms. The van der Waals surface area contributed by atoms with Gasteiger partial charge in [-0.25, -0.2) is 4.98 Å². The number of aromatic nitrogens is 1. The number of pyridine rings is 1. The molecular weight excluding hydrogens is 186 g/mol. The van der Waals surface area contributed by atoms with Crippen molar-refractivity contribution < 1.29 is 0 Å². The third-order valence-corrected chi connectivity index (χ3v) is 3.76. The highest BCUT2D eigenvalue weighted by Crippen LogP contribution is 2.41. The predicted molar refractivity (Wildman–Crippen MR) is 62.3 cm³/mol. The lowest BCUT2D eigenvalue weighted by atomic mass is 9.74. The molecule has 3 heteroatoms. The van der Waals surface area contributed by atoms with Crippen LogP contribution in [0.2, 0.25) is 0 Å². The van der Waals surface area contributed by atoms with Gasteiger partial charge in [0.05, 0.1) is 5.69 Å². The van der Waals surface area contributed by atoms with Gasteiger partial charge >= 0.3 is 0 Å². The number of hydrogen-bond donors (Lipinski definition) is 2. The largest absolute Gasteiger partial charge is 0.382 e. The molecule has 1 fully saturated rings. The summed E-state index contributed by atoms with van der Waals surface area (Å²) in [5.74, 6) is 1.05. The molecule has 0 amide bonds. The second-order valence-corrected chi connectivity index (χ2v) is 4.79. The molecule has 1 saturated carbocycles. The van der Waals surface area contributed by atoms with Gasteiger partial charge < -0.3 is 10.6 Å². The Labute approximate surface area is 90.3 Å². The Hall–Kier alpha value is -1.25. The maximum atomic E-state index is 4.44. The van der Waals surface area contributed by atoms with Crippen LogP contribution in [0.3, 0.4) is 0 Å². The van der Waals surface area contributed by atoms with Crippen LogP contribution in [0.15, 0.2) is 12.3 Å². The summed E-state index contributed by atoms with van der Waals surface area (Å²) in [7, 11) is 0. The maximum Gasteiger partial charge on any atom is 0.150 e. The summed E-state index contributed by atoms with van der Waals surface area (Å²) in [5, 5.41) is 7.13. The molecule has 0 aromatic carbocycles. The predicted octanol–water partition coefficient (Wildman–Crippen LogP) is 2.54. The summed E-state index contributed by atoms with van der Waals surface area (Å²) in [4.78, 5) is 4.44. The van der Waals surface area contributed by atoms with Crippen molar-refractivity contribution in [2.45, 2.75) is 38.1 Å². The van der Waals surface area contributed by atoms with Gasteiger partial charge in [-0.05, 0) is 44.2 Å². The van der Waals surface area contributed by atoms with Crippen LogP contribution >= 0.6 is 0 Å². The van der Waals surface area contributed by atoms with Crippen LogP contribution in [0.4, 0.5) is 11.5 Å². The Morgan fingerprint density at radius 2 is 2.20 bits per heavy atom. The standard InChI is InChI=1S/C12H17N3/c1-9-3-7-14-11-10(9)13-8-6-12(15-11)4-2-5-12/h3,7,13H,2,4-6,8H2,1H3,(H,14,15). The first kappa shape index (κ1) is 9.01. The first-order valence-electron chi connectivity index (χ1n) is 5.77. The molecule has 0 unspecified atom stereocenters. The van der Waals surface area contributed by atoms with Gasteiger partial charge in [0, 0.05) is 18.3 Å². The Morgan fingerprint density at radius 1 is 1.33 bits per heavy atom. The smallest absolute Gasteiger partial charge is 0.150 e. The highest BCUT2D eigenvalue weighted by Gasteiger charge is 2.38. The molecule has 0 radical (unpaired) electrons. The van der Waals surface area contributed by atoms with E-state index in [0.29, 0.717) is 5.54 Å². The quantitative estimate of drug-likeness (QED) is 0.680. The minimum Gasteiger partial charge on any atom is -0.382 e. The van der Waals surface area contributed by atoms with Crippen LogP contribution in [0.1, 0.15) is 31.2 Å². The van der Waals surface area contributed by atoms with Crippen LogP contribution < -0.4 is 10.6 Å². The molecule has 2 aliphatic rings. The SMILES string of the molecule is Cc1ccnc2c1NCCC1(CCC1)N2. The molecule has 80 valence electrons. The number of fused-ring (bicyclic) bond motifs is 1. The summed E-state index contributed by atoms with van der Waals surface area (Å²) < 4.78 is 0. The fraction of sp³-hybridized carbons (Fsp3) is 0.583. The second-order valence-electron chi connectivity index (χ2n) is 4.79. The first-order chi connectivity index (χ1) is 7.29. The van der Waals surface area contributed by atoms with Gasteiger partial charge in [0.2, 0.25) is 0 Å². The van der Waals surface area contributed by atoms with Gasteiger partial charge in [0.15, 0.2) is 0 Å². The third kappa shape index (κ3) is 1.37. The van der Waals surface area contributed by atoms with E-state index in [2.05, 4.69) is 28.6 Å². The van der Waals surface area contributed by atoms with E-state index in [1.165, 1.54) is 36.9 Å². The van der Waals surface area contributed by atoms with E-state index in [1.54, 1.807) is 0 Å². The summed E-state index contributed by atoms with van der Waals surface area (Å²) in [6.07, 6.45) is 7.05. The van der Waals surface area contributed by atoms with Crippen molar-refractivity contribution >= 4 is 11.5 Å². The van der Waals surface area contributed by atoms with Crippen LogP contribution in [0, 0.1) is 6.92 Å². The van der Waals surface area contributed by atoms with Gasteiger partial charge in [0.1, 0.15) is 5.82 Å². The van der Waals surface area contributed by atoms with Crippen molar-refractivity contribution in [2.75, 3.05) is 17.2 Å². The van der Waals surface area contributed by atoms with Crippen molar-refractivity contribution in [1.29, 1.82) is 0 Å². The fourth-order valence-electron chi connectivity index (χ4n) is 2.60. The monoisotopic (exact) mass is 203 g/mol. The molecule has 1 aromatic heterocycles. The van der Waals surface area contributed by atoms with E-state index in [1.807, 2.05) is 6.20 Å². The zero-order chi connectivity index (χ0) is 10.3. The van der Waals surface area contributed by atoms with Crippen LogP contribution in [-0.4, -0.2) is 17.1 Å². The summed E-state index contributed by atoms with van der Waals surface area (Å²) in [5.41, 5.74) is 2.82. The minimum atomic E-state index is 0.346. The molecule has 1 aromatic rings. The summed E-state index contributed by atoms with van der Waals surface area (Å²) in [6.45, 7) is 3.19.